The van der Waals surface area contributed by atoms with Crippen molar-refractivity contribution in [2.45, 2.75) is 25.5 Å². The van der Waals surface area contributed by atoms with E-state index in [0.717, 1.165) is 37.3 Å². The van der Waals surface area contributed by atoms with Crippen molar-refractivity contribution in [1.82, 2.24) is 9.55 Å². The lowest BCUT2D eigenvalue weighted by atomic mass is 10.2. The predicted octanol–water partition coefficient (Wildman–Crippen LogP) is 2.99. The van der Waals surface area contributed by atoms with Gasteiger partial charge in [-0.3, -0.25) is 0 Å². The van der Waals surface area contributed by atoms with Gasteiger partial charge in [-0.1, -0.05) is 0 Å². The standard InChI is InChI=1S/C15H14F4N4O/c16-9-4-11-12(5-10(9)17)23(8-1-2-8)14(22-11)7(6-20)3-13(21)24-15(18)19/h3-6,8,15H,1-2,20-21H2/b7-6+,13-3+. The molecular weight excluding hydrogens is 328 g/mol. The van der Waals surface area contributed by atoms with Gasteiger partial charge in [-0.2, -0.15) is 8.78 Å². The number of ether oxygens (including phenoxy) is 1. The van der Waals surface area contributed by atoms with E-state index in [-0.39, 0.29) is 23.0 Å². The lowest BCUT2D eigenvalue weighted by Gasteiger charge is -2.09. The van der Waals surface area contributed by atoms with E-state index in [4.69, 9.17) is 11.5 Å². The van der Waals surface area contributed by atoms with E-state index < -0.39 is 24.1 Å². The molecule has 1 aliphatic rings. The third-order valence-electron chi connectivity index (χ3n) is 3.60. The predicted molar refractivity (Wildman–Crippen MR) is 79.4 cm³/mol. The molecule has 0 radical (unpaired) electrons. The molecule has 0 amide bonds. The molecule has 1 aromatic carbocycles. The summed E-state index contributed by atoms with van der Waals surface area (Å²) >= 11 is 0. The van der Waals surface area contributed by atoms with Crippen molar-refractivity contribution in [3.05, 3.63) is 47.8 Å². The van der Waals surface area contributed by atoms with Gasteiger partial charge in [-0.15, -0.1) is 0 Å². The maximum Gasteiger partial charge on any atom is 0.388 e. The number of alkyl halides is 2. The van der Waals surface area contributed by atoms with E-state index in [9.17, 15) is 17.6 Å². The fourth-order valence-corrected chi connectivity index (χ4v) is 2.47. The van der Waals surface area contributed by atoms with Crippen LogP contribution in [0.25, 0.3) is 16.6 Å². The van der Waals surface area contributed by atoms with Gasteiger partial charge in [0.15, 0.2) is 17.5 Å². The molecule has 3 rings (SSSR count). The molecule has 1 heterocycles. The smallest absolute Gasteiger partial charge is 0.388 e. The zero-order valence-electron chi connectivity index (χ0n) is 12.3. The molecule has 1 aromatic heterocycles. The first-order chi connectivity index (χ1) is 11.4. The second-order valence-corrected chi connectivity index (χ2v) is 5.34. The summed E-state index contributed by atoms with van der Waals surface area (Å²) in [5, 5.41) is 0. The van der Waals surface area contributed by atoms with Crippen LogP contribution >= 0.6 is 0 Å². The van der Waals surface area contributed by atoms with Crippen LogP contribution in [0, 0.1) is 11.6 Å². The highest BCUT2D eigenvalue weighted by atomic mass is 19.3. The maximum atomic E-state index is 13.6. The van der Waals surface area contributed by atoms with Crippen molar-refractivity contribution >= 4 is 16.6 Å². The molecule has 0 bridgehead atoms. The first-order valence-corrected chi connectivity index (χ1v) is 7.12. The highest BCUT2D eigenvalue weighted by Gasteiger charge is 2.29. The van der Waals surface area contributed by atoms with Crippen molar-refractivity contribution in [2.24, 2.45) is 11.5 Å². The van der Waals surface area contributed by atoms with Gasteiger partial charge in [0.1, 0.15) is 5.82 Å². The second kappa shape index (κ2) is 6.06. The summed E-state index contributed by atoms with van der Waals surface area (Å²) in [5.74, 6) is -2.29. The van der Waals surface area contributed by atoms with E-state index in [1.54, 1.807) is 4.57 Å². The number of halogens is 4. The zero-order valence-corrected chi connectivity index (χ0v) is 12.3. The number of rotatable bonds is 5. The molecule has 1 aliphatic carbocycles. The summed E-state index contributed by atoms with van der Waals surface area (Å²) in [6, 6.07) is 2.08. The Kier molecular flexibility index (Phi) is 4.08. The molecule has 0 saturated heterocycles. The summed E-state index contributed by atoms with van der Waals surface area (Å²) in [4.78, 5) is 4.24. The number of fused-ring (bicyclic) bond motifs is 1. The van der Waals surface area contributed by atoms with Gasteiger partial charge in [-0.25, -0.2) is 13.8 Å². The van der Waals surface area contributed by atoms with Crippen LogP contribution in [0.2, 0.25) is 0 Å². The third-order valence-corrected chi connectivity index (χ3v) is 3.60. The SMILES string of the molecule is N/C=C(\C=C(/N)OC(F)F)c1nc2cc(F)c(F)cc2n1C1CC1. The Morgan fingerprint density at radius 1 is 1.29 bits per heavy atom. The van der Waals surface area contributed by atoms with Crippen molar-refractivity contribution in [3.63, 3.8) is 0 Å². The molecule has 128 valence electrons. The van der Waals surface area contributed by atoms with Gasteiger partial charge < -0.3 is 20.8 Å². The van der Waals surface area contributed by atoms with E-state index in [2.05, 4.69) is 9.72 Å². The molecule has 1 fully saturated rings. The lowest BCUT2D eigenvalue weighted by molar-refractivity contribution is -0.0967. The summed E-state index contributed by atoms with van der Waals surface area (Å²) in [6.45, 7) is -3.08. The number of nitrogens with zero attached hydrogens (tertiary/aromatic N) is 2. The number of hydrogen-bond donors (Lipinski definition) is 2. The van der Waals surface area contributed by atoms with Crippen LogP contribution in [0.3, 0.4) is 0 Å². The second-order valence-electron chi connectivity index (χ2n) is 5.34. The monoisotopic (exact) mass is 342 g/mol. The van der Waals surface area contributed by atoms with Crippen LogP contribution in [-0.2, 0) is 4.74 Å². The Morgan fingerprint density at radius 3 is 2.54 bits per heavy atom. The minimum Gasteiger partial charge on any atom is -0.420 e. The highest BCUT2D eigenvalue weighted by molar-refractivity contribution is 5.82. The molecule has 9 heteroatoms. The van der Waals surface area contributed by atoms with Crippen LogP contribution in [0.15, 0.2) is 30.3 Å². The van der Waals surface area contributed by atoms with Crippen molar-refractivity contribution in [3.8, 4) is 0 Å². The molecule has 5 nitrogen and oxygen atoms in total. The van der Waals surface area contributed by atoms with Crippen LogP contribution in [0.5, 0.6) is 0 Å². The topological polar surface area (TPSA) is 79.1 Å². The van der Waals surface area contributed by atoms with Crippen molar-refractivity contribution in [1.29, 1.82) is 0 Å². The third kappa shape index (κ3) is 3.01. The van der Waals surface area contributed by atoms with Gasteiger partial charge >= 0.3 is 6.61 Å². The van der Waals surface area contributed by atoms with Gasteiger partial charge in [-0.05, 0) is 12.8 Å². The molecular formula is C15H14F4N4O. The van der Waals surface area contributed by atoms with Crippen molar-refractivity contribution < 1.29 is 22.3 Å². The van der Waals surface area contributed by atoms with Gasteiger partial charge in [0, 0.05) is 36.0 Å². The zero-order chi connectivity index (χ0) is 17.4. The van der Waals surface area contributed by atoms with Crippen molar-refractivity contribution in [2.75, 3.05) is 0 Å². The van der Waals surface area contributed by atoms with Gasteiger partial charge in [0.2, 0.25) is 0 Å². The molecule has 1 saturated carbocycles. The minimum absolute atomic E-state index is 0.0513. The Morgan fingerprint density at radius 2 is 1.96 bits per heavy atom. The summed E-state index contributed by atoms with van der Waals surface area (Å²) < 4.78 is 57.2. The fourth-order valence-electron chi connectivity index (χ4n) is 2.47. The van der Waals surface area contributed by atoms with Crippen LogP contribution in [0.4, 0.5) is 17.6 Å². The summed E-state index contributed by atoms with van der Waals surface area (Å²) in [6.07, 6.45) is 3.89. The Balaban J connectivity index is 2.12. The average Bonchev–Trinajstić information content (AvgIpc) is 3.27. The molecule has 4 N–H and O–H groups in total. The molecule has 0 unspecified atom stereocenters. The Labute approximate surface area is 134 Å². The number of nitrogens with two attached hydrogens (primary N) is 2. The molecule has 2 aromatic rings. The Bertz CT molecular complexity index is 840. The maximum absolute atomic E-state index is 13.6. The Hall–Kier alpha value is -2.71. The summed E-state index contributed by atoms with van der Waals surface area (Å²) in [7, 11) is 0. The number of benzene rings is 1. The lowest BCUT2D eigenvalue weighted by Crippen LogP contribution is -2.09. The molecule has 0 atom stereocenters. The van der Waals surface area contributed by atoms with Gasteiger partial charge in [0.05, 0.1) is 11.0 Å². The molecule has 0 spiro atoms. The van der Waals surface area contributed by atoms with Gasteiger partial charge in [0.25, 0.3) is 0 Å². The van der Waals surface area contributed by atoms with E-state index in [1.165, 1.54) is 0 Å². The number of imidazole rings is 1. The van der Waals surface area contributed by atoms with Crippen LogP contribution in [0.1, 0.15) is 24.7 Å². The first kappa shape index (κ1) is 16.2. The highest BCUT2D eigenvalue weighted by Crippen LogP contribution is 2.40. The quantitative estimate of drug-likeness (QED) is 0.497. The molecule has 0 aliphatic heterocycles. The molecule has 24 heavy (non-hydrogen) atoms. The first-order valence-electron chi connectivity index (χ1n) is 7.12. The number of aromatic nitrogens is 2. The van der Waals surface area contributed by atoms with Crippen LogP contribution < -0.4 is 11.5 Å². The summed E-state index contributed by atoms with van der Waals surface area (Å²) in [5.41, 5.74) is 11.8. The number of allylic oxidation sites excluding steroid dienone is 2. The normalized spacial score (nSPS) is 16.2. The fraction of sp³-hybridized carbons (Fsp3) is 0.267. The number of hydrogen-bond acceptors (Lipinski definition) is 4. The van der Waals surface area contributed by atoms with Crippen LogP contribution in [-0.4, -0.2) is 16.2 Å². The average molecular weight is 342 g/mol. The largest absolute Gasteiger partial charge is 0.420 e. The minimum atomic E-state index is -3.08. The van der Waals surface area contributed by atoms with E-state index >= 15 is 0 Å². The van der Waals surface area contributed by atoms with E-state index in [1.807, 2.05) is 0 Å². The van der Waals surface area contributed by atoms with E-state index in [0.29, 0.717) is 5.52 Å².